The second kappa shape index (κ2) is 7.17. The molecule has 11 heteroatoms. The molecule has 2 aromatic carbocycles. The van der Waals surface area contributed by atoms with Gasteiger partial charge in [-0.3, -0.25) is 15.1 Å². The van der Waals surface area contributed by atoms with Crippen LogP contribution in [0.2, 0.25) is 0 Å². The monoisotopic (exact) mass is 365 g/mol. The number of rotatable bonds is 6. The van der Waals surface area contributed by atoms with E-state index in [-0.39, 0.29) is 17.1 Å². The summed E-state index contributed by atoms with van der Waals surface area (Å²) in [5.41, 5.74) is 6.97. The molecule has 0 unspecified atom stereocenters. The molecule has 10 nitrogen and oxygen atoms in total. The number of nitro groups is 1. The first-order chi connectivity index (χ1) is 11.7. The molecule has 0 fully saturated rings. The molecule has 0 aliphatic rings. The Kier molecular flexibility index (Phi) is 5.22. The molecule has 0 heterocycles. The summed E-state index contributed by atoms with van der Waals surface area (Å²) >= 11 is 0. The summed E-state index contributed by atoms with van der Waals surface area (Å²) in [5, 5.41) is 16.7. The maximum absolute atomic E-state index is 10.8. The van der Waals surface area contributed by atoms with Crippen molar-refractivity contribution in [3.8, 4) is 5.75 Å². The molecule has 0 aliphatic carbocycles. The van der Waals surface area contributed by atoms with E-state index in [4.69, 9.17) is 16.7 Å². The molecule has 2 aromatic rings. The summed E-state index contributed by atoms with van der Waals surface area (Å²) in [4.78, 5) is 10.3. The van der Waals surface area contributed by atoms with Gasteiger partial charge in [0.05, 0.1) is 16.3 Å². The SMILES string of the molecule is N/C(=C\N(N)c1cccc([N+](=O)[O-])c1)c1ccc(OS(N)(=O)=O)cc1. The predicted octanol–water partition coefficient (Wildman–Crippen LogP) is 0.814. The molecule has 0 aromatic heterocycles. The molecule has 0 atom stereocenters. The molecule has 0 saturated heterocycles. The fourth-order valence-corrected chi connectivity index (χ4v) is 2.28. The average Bonchev–Trinajstić information content (AvgIpc) is 2.54. The Morgan fingerprint density at radius 2 is 1.84 bits per heavy atom. The van der Waals surface area contributed by atoms with E-state index < -0.39 is 15.2 Å². The van der Waals surface area contributed by atoms with Crippen molar-refractivity contribution >= 4 is 27.4 Å². The van der Waals surface area contributed by atoms with Gasteiger partial charge in [0.15, 0.2) is 0 Å². The smallest absolute Gasteiger partial charge is 0.380 e. The van der Waals surface area contributed by atoms with Crippen LogP contribution >= 0.6 is 0 Å². The van der Waals surface area contributed by atoms with Gasteiger partial charge in [-0.15, -0.1) is 0 Å². The quantitative estimate of drug-likeness (QED) is 0.384. The van der Waals surface area contributed by atoms with Crippen molar-refractivity contribution in [3.05, 3.63) is 70.4 Å². The zero-order valence-corrected chi connectivity index (χ0v) is 13.6. The molecule has 2 rings (SSSR count). The van der Waals surface area contributed by atoms with Crippen molar-refractivity contribution in [1.82, 2.24) is 0 Å². The summed E-state index contributed by atoms with van der Waals surface area (Å²) in [6.07, 6.45) is 1.37. The number of hydrogen-bond acceptors (Lipinski definition) is 8. The molecule has 0 radical (unpaired) electrons. The van der Waals surface area contributed by atoms with Crippen LogP contribution < -0.4 is 25.9 Å². The fourth-order valence-electron chi connectivity index (χ4n) is 1.90. The first-order valence-corrected chi connectivity index (χ1v) is 8.21. The Hall–Kier alpha value is -3.15. The van der Waals surface area contributed by atoms with Gasteiger partial charge in [0, 0.05) is 18.3 Å². The normalized spacial score (nSPS) is 11.8. The maximum atomic E-state index is 10.8. The van der Waals surface area contributed by atoms with Gasteiger partial charge < -0.3 is 9.92 Å². The van der Waals surface area contributed by atoms with Gasteiger partial charge in [-0.2, -0.15) is 13.6 Å². The van der Waals surface area contributed by atoms with E-state index in [1.54, 1.807) is 6.07 Å². The Morgan fingerprint density at radius 1 is 1.20 bits per heavy atom. The van der Waals surface area contributed by atoms with E-state index in [1.165, 1.54) is 48.7 Å². The van der Waals surface area contributed by atoms with Gasteiger partial charge in [0.1, 0.15) is 5.75 Å². The predicted molar refractivity (Wildman–Crippen MR) is 92.1 cm³/mol. The topological polar surface area (TPSA) is 168 Å². The highest BCUT2D eigenvalue weighted by molar-refractivity contribution is 7.84. The van der Waals surface area contributed by atoms with Crippen molar-refractivity contribution in [2.45, 2.75) is 0 Å². The molecule has 6 N–H and O–H groups in total. The maximum Gasteiger partial charge on any atom is 0.380 e. The van der Waals surface area contributed by atoms with Crippen LogP contribution in [0.4, 0.5) is 11.4 Å². The zero-order chi connectivity index (χ0) is 18.6. The van der Waals surface area contributed by atoms with Crippen LogP contribution in [-0.2, 0) is 10.3 Å². The van der Waals surface area contributed by atoms with Crippen LogP contribution in [0.3, 0.4) is 0 Å². The third kappa shape index (κ3) is 5.17. The number of benzene rings is 2. The first kappa shape index (κ1) is 18.2. The van der Waals surface area contributed by atoms with Crippen molar-refractivity contribution in [3.63, 3.8) is 0 Å². The highest BCUT2D eigenvalue weighted by Gasteiger charge is 2.09. The Morgan fingerprint density at radius 3 is 2.40 bits per heavy atom. The van der Waals surface area contributed by atoms with Crippen LogP contribution in [0.15, 0.2) is 54.7 Å². The van der Waals surface area contributed by atoms with Gasteiger partial charge in [0.25, 0.3) is 5.69 Å². The van der Waals surface area contributed by atoms with Crippen molar-refractivity contribution in [2.24, 2.45) is 16.7 Å². The summed E-state index contributed by atoms with van der Waals surface area (Å²) in [7, 11) is -4.11. The lowest BCUT2D eigenvalue weighted by atomic mass is 10.1. The van der Waals surface area contributed by atoms with Crippen molar-refractivity contribution < 1.29 is 17.5 Å². The van der Waals surface area contributed by atoms with E-state index in [0.717, 1.165) is 5.01 Å². The molecular formula is C14H15N5O5S. The Bertz CT molecular complexity index is 911. The minimum Gasteiger partial charge on any atom is -0.397 e. The average molecular weight is 365 g/mol. The zero-order valence-electron chi connectivity index (χ0n) is 12.8. The summed E-state index contributed by atoms with van der Waals surface area (Å²) in [6.45, 7) is 0. The second-order valence-electron chi connectivity index (χ2n) is 4.87. The lowest BCUT2D eigenvalue weighted by molar-refractivity contribution is -0.384. The highest BCUT2D eigenvalue weighted by atomic mass is 32.2. The summed E-state index contributed by atoms with van der Waals surface area (Å²) in [5.74, 6) is 5.88. The van der Waals surface area contributed by atoms with Crippen molar-refractivity contribution in [2.75, 3.05) is 5.01 Å². The van der Waals surface area contributed by atoms with Crippen LogP contribution in [0.5, 0.6) is 5.75 Å². The number of hydrazine groups is 1. The summed E-state index contributed by atoms with van der Waals surface area (Å²) < 4.78 is 26.2. The number of non-ortho nitro benzene ring substituents is 1. The van der Waals surface area contributed by atoms with Crippen LogP contribution in [0.25, 0.3) is 5.70 Å². The van der Waals surface area contributed by atoms with Crippen molar-refractivity contribution in [1.29, 1.82) is 0 Å². The number of nitrogens with two attached hydrogens (primary N) is 3. The second-order valence-corrected chi connectivity index (χ2v) is 6.02. The molecular weight excluding hydrogens is 350 g/mol. The first-order valence-electron chi connectivity index (χ1n) is 6.74. The van der Waals surface area contributed by atoms with Crippen LogP contribution in [-0.4, -0.2) is 13.3 Å². The summed E-state index contributed by atoms with van der Waals surface area (Å²) in [6, 6.07) is 11.5. The fraction of sp³-hybridized carbons (Fsp3) is 0. The number of nitro benzene ring substituents is 1. The lowest BCUT2D eigenvalue weighted by Gasteiger charge is -2.15. The van der Waals surface area contributed by atoms with E-state index in [1.807, 2.05) is 0 Å². The van der Waals surface area contributed by atoms with Crippen LogP contribution in [0, 0.1) is 10.1 Å². The van der Waals surface area contributed by atoms with Gasteiger partial charge in [0.2, 0.25) is 0 Å². The number of hydrogen-bond donors (Lipinski definition) is 3. The molecule has 0 saturated carbocycles. The third-order valence-corrected chi connectivity index (χ3v) is 3.44. The molecule has 132 valence electrons. The van der Waals surface area contributed by atoms with E-state index >= 15 is 0 Å². The highest BCUT2D eigenvalue weighted by Crippen LogP contribution is 2.21. The number of nitrogens with zero attached hydrogens (tertiary/aromatic N) is 2. The molecule has 25 heavy (non-hydrogen) atoms. The van der Waals surface area contributed by atoms with Gasteiger partial charge in [-0.1, -0.05) is 6.07 Å². The molecule has 0 amide bonds. The van der Waals surface area contributed by atoms with E-state index in [2.05, 4.69) is 4.18 Å². The van der Waals surface area contributed by atoms with E-state index in [0.29, 0.717) is 11.3 Å². The minimum absolute atomic E-state index is 0.0299. The largest absolute Gasteiger partial charge is 0.397 e. The standard InChI is InChI=1S/C14H15N5O5S/c15-14(10-4-6-13(7-5-10)24-25(17,22)23)9-18(16)11-2-1-3-12(8-11)19(20)21/h1-9H,15-16H2,(H2,17,22,23)/b14-9-. The third-order valence-electron chi connectivity index (χ3n) is 3.02. The molecule has 0 bridgehead atoms. The minimum atomic E-state index is -4.11. The van der Waals surface area contributed by atoms with Crippen LogP contribution in [0.1, 0.15) is 5.56 Å². The Balaban J connectivity index is 2.20. The lowest BCUT2D eigenvalue weighted by Crippen LogP contribution is -2.25. The Labute approximate surface area is 143 Å². The van der Waals surface area contributed by atoms with Gasteiger partial charge >= 0.3 is 10.3 Å². The van der Waals surface area contributed by atoms with Gasteiger partial charge in [-0.05, 0) is 35.9 Å². The molecule has 0 spiro atoms. The van der Waals surface area contributed by atoms with Gasteiger partial charge in [-0.25, -0.2) is 5.84 Å². The molecule has 0 aliphatic heterocycles. The number of anilines is 1. The van der Waals surface area contributed by atoms with E-state index in [9.17, 15) is 18.5 Å².